The molecule has 0 amide bonds. The minimum atomic E-state index is -0.613. The number of anilines is 3. The van der Waals surface area contributed by atoms with Crippen LogP contribution in [-0.2, 0) is 0 Å². The summed E-state index contributed by atoms with van der Waals surface area (Å²) in [6.07, 6.45) is 5.05. The highest BCUT2D eigenvalue weighted by Gasteiger charge is 2.52. The maximum Gasteiger partial charge on any atom is 0.232 e. The third-order valence-electron chi connectivity index (χ3n) is 5.44. The van der Waals surface area contributed by atoms with E-state index in [9.17, 15) is 8.78 Å². The second-order valence-electron chi connectivity index (χ2n) is 7.21. The van der Waals surface area contributed by atoms with Crippen LogP contribution >= 0.6 is 0 Å². The Hall–Kier alpha value is -3.16. The Morgan fingerprint density at radius 3 is 2.50 bits per heavy atom. The molecule has 2 saturated carbocycles. The van der Waals surface area contributed by atoms with Crippen LogP contribution in [0.15, 0.2) is 42.6 Å². The number of benzene rings is 1. The molecule has 8 heteroatoms. The Labute approximate surface area is 160 Å². The van der Waals surface area contributed by atoms with Gasteiger partial charge in [0, 0.05) is 24.0 Å². The van der Waals surface area contributed by atoms with Gasteiger partial charge in [-0.05, 0) is 42.9 Å². The van der Waals surface area contributed by atoms with E-state index in [-0.39, 0.29) is 17.3 Å². The molecule has 6 nitrogen and oxygen atoms in total. The van der Waals surface area contributed by atoms with Crippen molar-refractivity contribution in [3.63, 3.8) is 0 Å². The van der Waals surface area contributed by atoms with Crippen LogP contribution in [0.4, 0.5) is 26.4 Å². The SMILES string of the molecule is Fc1cc(Nc2nc(NC3[C@H]4CCC[C@@H]34)nc(-c3ccccc3F)n2)ccn1. The molecular weight excluding hydrogens is 362 g/mol. The van der Waals surface area contributed by atoms with Gasteiger partial charge in [-0.1, -0.05) is 18.6 Å². The second-order valence-corrected chi connectivity index (χ2v) is 7.21. The van der Waals surface area contributed by atoms with E-state index >= 15 is 0 Å². The first-order valence-corrected chi connectivity index (χ1v) is 9.33. The number of hydrogen-bond acceptors (Lipinski definition) is 6. The minimum absolute atomic E-state index is 0.215. The average Bonchev–Trinajstić information content (AvgIpc) is 3.10. The lowest BCUT2D eigenvalue weighted by molar-refractivity contribution is 0.584. The van der Waals surface area contributed by atoms with E-state index in [1.54, 1.807) is 24.3 Å². The summed E-state index contributed by atoms with van der Waals surface area (Å²) in [7, 11) is 0. The molecule has 0 spiro atoms. The van der Waals surface area contributed by atoms with Gasteiger partial charge in [-0.25, -0.2) is 9.37 Å². The first-order chi connectivity index (χ1) is 13.7. The van der Waals surface area contributed by atoms with Gasteiger partial charge in [-0.2, -0.15) is 19.3 Å². The van der Waals surface area contributed by atoms with Gasteiger partial charge >= 0.3 is 0 Å². The van der Waals surface area contributed by atoms with Gasteiger partial charge in [-0.3, -0.25) is 0 Å². The van der Waals surface area contributed by atoms with Crippen LogP contribution < -0.4 is 10.6 Å². The Morgan fingerprint density at radius 2 is 1.71 bits per heavy atom. The Balaban J connectivity index is 1.49. The summed E-state index contributed by atoms with van der Waals surface area (Å²) in [5, 5.41) is 6.33. The fourth-order valence-corrected chi connectivity index (χ4v) is 4.05. The molecule has 3 atom stereocenters. The molecule has 5 rings (SSSR count). The standard InChI is InChI=1S/C20H18F2N6/c21-15-7-2-1-4-14(15)18-26-19(24-11-8-9-23-16(22)10-11)28-20(27-18)25-17-12-5-3-6-13(12)17/h1-2,4,7-10,12-13,17H,3,5-6H2,(H2,23,24,25,26,27,28)/t12-,13+,17?. The number of pyridine rings is 1. The number of halogens is 2. The van der Waals surface area contributed by atoms with Crippen LogP contribution in [0.5, 0.6) is 0 Å². The quantitative estimate of drug-likeness (QED) is 0.647. The summed E-state index contributed by atoms with van der Waals surface area (Å²) >= 11 is 0. The highest BCUT2D eigenvalue weighted by molar-refractivity contribution is 5.61. The van der Waals surface area contributed by atoms with Gasteiger partial charge in [0.15, 0.2) is 5.82 Å². The summed E-state index contributed by atoms with van der Waals surface area (Å²) in [4.78, 5) is 16.7. The monoisotopic (exact) mass is 380 g/mol. The van der Waals surface area contributed by atoms with Crippen molar-refractivity contribution >= 4 is 17.6 Å². The van der Waals surface area contributed by atoms with Crippen LogP contribution in [0.1, 0.15) is 19.3 Å². The zero-order valence-electron chi connectivity index (χ0n) is 14.9. The van der Waals surface area contributed by atoms with Crippen molar-refractivity contribution in [3.8, 4) is 11.4 Å². The number of aromatic nitrogens is 4. The van der Waals surface area contributed by atoms with Gasteiger partial charge in [0.25, 0.3) is 0 Å². The number of nitrogens with one attached hydrogen (secondary N) is 2. The smallest absolute Gasteiger partial charge is 0.232 e. The van der Waals surface area contributed by atoms with Crippen molar-refractivity contribution < 1.29 is 8.78 Å². The molecule has 0 saturated heterocycles. The number of hydrogen-bond donors (Lipinski definition) is 2. The van der Waals surface area contributed by atoms with Crippen LogP contribution in [-0.4, -0.2) is 26.0 Å². The van der Waals surface area contributed by atoms with Crippen molar-refractivity contribution in [2.75, 3.05) is 10.6 Å². The van der Waals surface area contributed by atoms with Crippen molar-refractivity contribution in [1.82, 2.24) is 19.9 Å². The zero-order valence-corrected chi connectivity index (χ0v) is 14.9. The molecule has 0 aliphatic heterocycles. The molecule has 1 unspecified atom stereocenters. The van der Waals surface area contributed by atoms with Gasteiger partial charge in [0.05, 0.1) is 5.56 Å². The van der Waals surface area contributed by atoms with Crippen molar-refractivity contribution in [2.24, 2.45) is 11.8 Å². The largest absolute Gasteiger partial charge is 0.351 e. The van der Waals surface area contributed by atoms with Crippen LogP contribution in [0.2, 0.25) is 0 Å². The van der Waals surface area contributed by atoms with Crippen molar-refractivity contribution in [3.05, 3.63) is 54.4 Å². The predicted octanol–water partition coefficient (Wildman–Crippen LogP) is 4.17. The van der Waals surface area contributed by atoms with E-state index in [1.165, 1.54) is 37.6 Å². The summed E-state index contributed by atoms with van der Waals surface area (Å²) in [6.45, 7) is 0. The summed E-state index contributed by atoms with van der Waals surface area (Å²) in [6, 6.07) is 9.53. The highest BCUT2D eigenvalue weighted by atomic mass is 19.1. The molecule has 3 aromatic rings. The van der Waals surface area contributed by atoms with E-state index < -0.39 is 11.8 Å². The molecule has 2 aliphatic rings. The Bertz CT molecular complexity index is 1020. The molecule has 0 radical (unpaired) electrons. The normalized spacial score (nSPS) is 22.6. The van der Waals surface area contributed by atoms with E-state index in [4.69, 9.17) is 0 Å². The Morgan fingerprint density at radius 1 is 0.929 bits per heavy atom. The molecule has 1 aromatic carbocycles. The highest BCUT2D eigenvalue weighted by Crippen LogP contribution is 2.53. The summed E-state index contributed by atoms with van der Waals surface area (Å²) in [5.41, 5.74) is 0.736. The third-order valence-corrected chi connectivity index (χ3v) is 5.44. The molecule has 2 fully saturated rings. The molecule has 2 aromatic heterocycles. The van der Waals surface area contributed by atoms with Crippen LogP contribution in [0.25, 0.3) is 11.4 Å². The lowest BCUT2D eigenvalue weighted by Gasteiger charge is -2.12. The number of fused-ring (bicyclic) bond motifs is 1. The van der Waals surface area contributed by atoms with Gasteiger partial charge in [0.2, 0.25) is 17.8 Å². The predicted molar refractivity (Wildman–Crippen MR) is 101 cm³/mol. The van der Waals surface area contributed by atoms with Crippen molar-refractivity contribution in [1.29, 1.82) is 0 Å². The molecular formula is C20H18F2N6. The Kier molecular flexibility index (Phi) is 4.11. The molecule has 2 aliphatic carbocycles. The van der Waals surface area contributed by atoms with E-state index in [0.29, 0.717) is 29.5 Å². The topological polar surface area (TPSA) is 75.6 Å². The zero-order chi connectivity index (χ0) is 19.1. The maximum atomic E-state index is 14.3. The first-order valence-electron chi connectivity index (χ1n) is 9.33. The molecule has 0 bridgehead atoms. The fraction of sp³-hybridized carbons (Fsp3) is 0.300. The first kappa shape index (κ1) is 17.0. The third kappa shape index (κ3) is 3.26. The molecule has 2 N–H and O–H groups in total. The lowest BCUT2D eigenvalue weighted by Crippen LogP contribution is -2.13. The van der Waals surface area contributed by atoms with Crippen molar-refractivity contribution in [2.45, 2.75) is 25.3 Å². The molecule has 142 valence electrons. The number of rotatable bonds is 5. The van der Waals surface area contributed by atoms with E-state index in [2.05, 4.69) is 30.6 Å². The van der Waals surface area contributed by atoms with Gasteiger partial charge in [-0.15, -0.1) is 0 Å². The number of nitrogens with zero attached hydrogens (tertiary/aromatic N) is 4. The summed E-state index contributed by atoms with van der Waals surface area (Å²) < 4.78 is 27.7. The fourth-order valence-electron chi connectivity index (χ4n) is 4.05. The lowest BCUT2D eigenvalue weighted by atomic mass is 10.2. The minimum Gasteiger partial charge on any atom is -0.351 e. The molecule has 2 heterocycles. The second kappa shape index (κ2) is 6.78. The average molecular weight is 380 g/mol. The van der Waals surface area contributed by atoms with E-state index in [0.717, 1.165) is 0 Å². The van der Waals surface area contributed by atoms with Gasteiger partial charge in [0.1, 0.15) is 5.82 Å². The van der Waals surface area contributed by atoms with Crippen LogP contribution in [0.3, 0.4) is 0 Å². The summed E-state index contributed by atoms with van der Waals surface area (Å²) in [5.74, 6) is 1.13. The van der Waals surface area contributed by atoms with E-state index in [1.807, 2.05) is 0 Å². The van der Waals surface area contributed by atoms with Gasteiger partial charge < -0.3 is 10.6 Å². The molecule has 28 heavy (non-hydrogen) atoms. The maximum absolute atomic E-state index is 14.3. The van der Waals surface area contributed by atoms with Crippen LogP contribution in [0, 0.1) is 23.6 Å².